The first-order chi connectivity index (χ1) is 24.2. The smallest absolute Gasteiger partial charge is 0.251 e. The number of carbonyl (C=O) groups excluding carboxylic acids is 3. The number of nitrogens with zero attached hydrogens (tertiary/aromatic N) is 6. The summed E-state index contributed by atoms with van der Waals surface area (Å²) in [6, 6.07) is 11.9. The summed E-state index contributed by atoms with van der Waals surface area (Å²) in [7, 11) is 3.11. The molecule has 0 aliphatic carbocycles. The summed E-state index contributed by atoms with van der Waals surface area (Å²) in [5, 5.41) is 14.6. The molecule has 1 atom stereocenters. The van der Waals surface area contributed by atoms with Gasteiger partial charge in [0.25, 0.3) is 5.91 Å². The average molecular weight is 689 g/mol. The third-order valence-corrected chi connectivity index (χ3v) is 8.23. The summed E-state index contributed by atoms with van der Waals surface area (Å²) in [6.07, 6.45) is 1.39. The van der Waals surface area contributed by atoms with Crippen molar-refractivity contribution in [3.05, 3.63) is 65.6 Å². The normalized spacial score (nSPS) is 16.0. The molecule has 5 rings (SSSR count). The molecule has 2 bridgehead atoms. The van der Waals surface area contributed by atoms with Crippen LogP contribution in [0.3, 0.4) is 0 Å². The van der Waals surface area contributed by atoms with Gasteiger partial charge in [-0.1, -0.05) is 31.1 Å². The molecular formula is C35H44N8O7. The summed E-state index contributed by atoms with van der Waals surface area (Å²) in [4.78, 5) is 50.7. The molecule has 266 valence electrons. The minimum Gasteiger partial charge on any atom is -0.496 e. The van der Waals surface area contributed by atoms with Crippen molar-refractivity contribution in [1.82, 2.24) is 40.4 Å². The molecule has 0 saturated carbocycles. The van der Waals surface area contributed by atoms with Gasteiger partial charge in [0.05, 0.1) is 38.9 Å². The molecule has 0 saturated heterocycles. The van der Waals surface area contributed by atoms with Crippen LogP contribution in [0.25, 0.3) is 11.4 Å². The van der Waals surface area contributed by atoms with Crippen LogP contribution in [0.2, 0.25) is 0 Å². The highest BCUT2D eigenvalue weighted by Crippen LogP contribution is 2.29. The van der Waals surface area contributed by atoms with Gasteiger partial charge in [-0.05, 0) is 56.0 Å². The van der Waals surface area contributed by atoms with Gasteiger partial charge in [0, 0.05) is 31.5 Å². The summed E-state index contributed by atoms with van der Waals surface area (Å²) < 4.78 is 24.0. The van der Waals surface area contributed by atoms with Crippen molar-refractivity contribution in [2.75, 3.05) is 40.5 Å². The Morgan fingerprint density at radius 1 is 1.06 bits per heavy atom. The SMILES string of the molecule is COc1ccc2cc1OCCn1nc(C)nc1[C@H](C(C)C)NC(=O)CN(C(=O)CCCc1nc(-c3ccccc3OC)no1)CCCNC2=O. The van der Waals surface area contributed by atoms with Crippen molar-refractivity contribution in [3.8, 4) is 28.6 Å². The Kier molecular flexibility index (Phi) is 12.0. The maximum Gasteiger partial charge on any atom is 0.251 e. The van der Waals surface area contributed by atoms with Crippen molar-refractivity contribution in [1.29, 1.82) is 0 Å². The van der Waals surface area contributed by atoms with E-state index in [2.05, 4.69) is 30.9 Å². The van der Waals surface area contributed by atoms with E-state index < -0.39 is 6.04 Å². The van der Waals surface area contributed by atoms with Crippen molar-refractivity contribution < 1.29 is 33.1 Å². The van der Waals surface area contributed by atoms with Gasteiger partial charge in [0.2, 0.25) is 23.5 Å². The van der Waals surface area contributed by atoms with Gasteiger partial charge in [0.1, 0.15) is 24.0 Å². The number of hydrogen-bond acceptors (Lipinski definition) is 11. The molecule has 0 radical (unpaired) electrons. The molecule has 1 aliphatic heterocycles. The number of hydrogen-bond donors (Lipinski definition) is 2. The lowest BCUT2D eigenvalue weighted by molar-refractivity contribution is -0.136. The molecule has 15 nitrogen and oxygen atoms in total. The van der Waals surface area contributed by atoms with Gasteiger partial charge in [-0.25, -0.2) is 9.67 Å². The predicted octanol–water partition coefficient (Wildman–Crippen LogP) is 3.53. The molecule has 2 N–H and O–H groups in total. The number of fused-ring (bicyclic) bond motifs is 3. The zero-order valence-corrected chi connectivity index (χ0v) is 29.1. The highest BCUT2D eigenvalue weighted by Gasteiger charge is 2.27. The molecule has 3 heterocycles. The summed E-state index contributed by atoms with van der Waals surface area (Å²) in [6.45, 7) is 6.69. The number of methoxy groups -OCH3 is 2. The first kappa shape index (κ1) is 35.8. The largest absolute Gasteiger partial charge is 0.496 e. The van der Waals surface area contributed by atoms with E-state index in [1.54, 1.807) is 36.9 Å². The van der Waals surface area contributed by atoms with Crippen molar-refractivity contribution in [3.63, 3.8) is 0 Å². The average Bonchev–Trinajstić information content (AvgIpc) is 3.73. The Morgan fingerprint density at radius 2 is 1.86 bits per heavy atom. The van der Waals surface area contributed by atoms with Crippen LogP contribution in [0.4, 0.5) is 0 Å². The van der Waals surface area contributed by atoms with E-state index in [1.807, 2.05) is 38.1 Å². The molecule has 50 heavy (non-hydrogen) atoms. The number of ether oxygens (including phenoxy) is 3. The summed E-state index contributed by atoms with van der Waals surface area (Å²) >= 11 is 0. The fourth-order valence-electron chi connectivity index (χ4n) is 5.67. The molecule has 4 aromatic rings. The number of aryl methyl sites for hydroxylation is 2. The Balaban J connectivity index is 1.31. The van der Waals surface area contributed by atoms with Crippen LogP contribution in [0.1, 0.15) is 67.0 Å². The lowest BCUT2D eigenvalue weighted by atomic mass is 10.0. The van der Waals surface area contributed by atoms with E-state index in [0.29, 0.717) is 77.5 Å². The predicted molar refractivity (Wildman–Crippen MR) is 182 cm³/mol. The zero-order chi connectivity index (χ0) is 35.6. The van der Waals surface area contributed by atoms with Gasteiger partial charge in [0.15, 0.2) is 11.5 Å². The zero-order valence-electron chi connectivity index (χ0n) is 29.1. The quantitative estimate of drug-likeness (QED) is 0.277. The number of nitrogens with one attached hydrogen (secondary N) is 2. The molecule has 2 aromatic carbocycles. The van der Waals surface area contributed by atoms with Crippen LogP contribution < -0.4 is 24.8 Å². The number of carbonyl (C=O) groups is 3. The van der Waals surface area contributed by atoms with Gasteiger partial charge in [-0.15, -0.1) is 0 Å². The van der Waals surface area contributed by atoms with Crippen LogP contribution in [-0.4, -0.2) is 88.0 Å². The lowest BCUT2D eigenvalue weighted by Gasteiger charge is -2.26. The Bertz CT molecular complexity index is 1790. The second-order valence-electron chi connectivity index (χ2n) is 12.2. The number of rotatable bonds is 8. The van der Waals surface area contributed by atoms with E-state index >= 15 is 0 Å². The number of aromatic nitrogens is 5. The second kappa shape index (κ2) is 16.8. The van der Waals surface area contributed by atoms with Crippen LogP contribution in [-0.2, 0) is 22.6 Å². The molecule has 1 aliphatic rings. The van der Waals surface area contributed by atoms with Crippen LogP contribution in [0, 0.1) is 12.8 Å². The molecule has 3 amide bonds. The molecule has 2 aromatic heterocycles. The van der Waals surface area contributed by atoms with Crippen molar-refractivity contribution in [2.45, 2.75) is 59.0 Å². The summed E-state index contributed by atoms with van der Waals surface area (Å²) in [5.74, 6) is 2.60. The third-order valence-electron chi connectivity index (χ3n) is 8.23. The van der Waals surface area contributed by atoms with Gasteiger partial charge < -0.3 is 34.3 Å². The van der Waals surface area contributed by atoms with Crippen LogP contribution in [0.5, 0.6) is 17.2 Å². The topological polar surface area (TPSA) is 176 Å². The third kappa shape index (κ3) is 8.95. The van der Waals surface area contributed by atoms with Gasteiger partial charge >= 0.3 is 0 Å². The minimum absolute atomic E-state index is 0.0286. The Labute approximate surface area is 290 Å². The van der Waals surface area contributed by atoms with E-state index in [9.17, 15) is 14.4 Å². The van der Waals surface area contributed by atoms with Crippen molar-refractivity contribution in [2.24, 2.45) is 5.92 Å². The number of para-hydroxylation sites is 1. The molecule has 0 spiro atoms. The number of amides is 3. The van der Waals surface area contributed by atoms with E-state index in [-0.39, 0.29) is 56.3 Å². The fraction of sp³-hybridized carbons (Fsp3) is 0.457. The Hall–Kier alpha value is -5.47. The standard InChI is InChI=1S/C35H44N8O7/c1-22(2)32-34-37-23(3)40-43(34)18-19-49-28-20-24(14-15-27(28)48-5)35(46)36-16-9-17-42(21-29(44)38-32)31(45)13-8-12-30-39-33(41-50-30)25-10-6-7-11-26(25)47-4/h6-7,10-11,14-15,20,22,32H,8-9,12-13,16-19,21H2,1-5H3,(H,36,46)(H,38,44)/t32-/m0/s1. The maximum absolute atomic E-state index is 13.6. The van der Waals surface area contributed by atoms with E-state index in [0.717, 1.165) is 0 Å². The highest BCUT2D eigenvalue weighted by molar-refractivity contribution is 5.94. The number of benzene rings is 2. The molecule has 0 unspecified atom stereocenters. The highest BCUT2D eigenvalue weighted by atomic mass is 16.5. The lowest BCUT2D eigenvalue weighted by Crippen LogP contribution is -2.44. The van der Waals surface area contributed by atoms with E-state index in [1.165, 1.54) is 12.0 Å². The second-order valence-corrected chi connectivity index (χ2v) is 12.2. The van der Waals surface area contributed by atoms with Crippen LogP contribution >= 0.6 is 0 Å². The fourth-order valence-corrected chi connectivity index (χ4v) is 5.67. The van der Waals surface area contributed by atoms with E-state index in [4.69, 9.17) is 18.7 Å². The monoisotopic (exact) mass is 688 g/mol. The molecule has 0 fully saturated rings. The first-order valence-corrected chi connectivity index (χ1v) is 16.7. The molecular weight excluding hydrogens is 644 g/mol. The van der Waals surface area contributed by atoms with Crippen molar-refractivity contribution >= 4 is 17.7 Å². The van der Waals surface area contributed by atoms with Gasteiger partial charge in [-0.3, -0.25) is 14.4 Å². The minimum atomic E-state index is -0.466. The Morgan fingerprint density at radius 3 is 2.64 bits per heavy atom. The first-order valence-electron chi connectivity index (χ1n) is 16.7. The van der Waals surface area contributed by atoms with Gasteiger partial charge in [-0.2, -0.15) is 10.1 Å². The van der Waals surface area contributed by atoms with Crippen LogP contribution in [0.15, 0.2) is 47.0 Å². The molecule has 15 heteroatoms. The maximum atomic E-state index is 13.6. The summed E-state index contributed by atoms with van der Waals surface area (Å²) in [5.41, 5.74) is 1.11.